The number of rotatable bonds is 1. The highest BCUT2D eigenvalue weighted by Gasteiger charge is 2.45. The summed E-state index contributed by atoms with van der Waals surface area (Å²) in [5.74, 6) is 2.29. The van der Waals surface area contributed by atoms with E-state index in [9.17, 15) is 0 Å². The van der Waals surface area contributed by atoms with Crippen LogP contribution in [-0.4, -0.2) is 0 Å². The average Bonchev–Trinajstić information content (AvgIpc) is 2.13. The van der Waals surface area contributed by atoms with Crippen LogP contribution in [-0.2, 0) is 0 Å². The summed E-state index contributed by atoms with van der Waals surface area (Å²) in [6.45, 7) is 4.83. The molecular weight excluding hydrogens is 120 g/mol. The molecule has 2 saturated carbocycles. The van der Waals surface area contributed by atoms with Crippen molar-refractivity contribution >= 4 is 0 Å². The predicted molar refractivity (Wildman–Crippen MR) is 43.8 cm³/mol. The molecule has 0 heteroatoms. The molecule has 2 unspecified atom stereocenters. The Bertz CT molecular complexity index is 125. The van der Waals surface area contributed by atoms with E-state index < -0.39 is 0 Å². The van der Waals surface area contributed by atoms with Gasteiger partial charge in [0.25, 0.3) is 0 Å². The second-order valence-corrected chi connectivity index (χ2v) is 4.67. The molecule has 0 radical (unpaired) electrons. The summed E-state index contributed by atoms with van der Waals surface area (Å²) in [7, 11) is 0. The van der Waals surface area contributed by atoms with Crippen molar-refractivity contribution in [2.24, 2.45) is 17.3 Å². The Morgan fingerprint density at radius 2 is 1.70 bits per heavy atom. The second kappa shape index (κ2) is 1.99. The minimum atomic E-state index is 0.742. The largest absolute Gasteiger partial charge is 0.0649 e. The normalized spacial score (nSPS) is 52.2. The Hall–Kier alpha value is 0. The highest BCUT2D eigenvalue weighted by atomic mass is 14.5. The molecule has 2 rings (SSSR count). The van der Waals surface area contributed by atoms with Gasteiger partial charge in [0.15, 0.2) is 0 Å². The summed E-state index contributed by atoms with van der Waals surface area (Å²) in [6.07, 6.45) is 7.56. The van der Waals surface area contributed by atoms with Crippen LogP contribution in [0.25, 0.3) is 0 Å². The Morgan fingerprint density at radius 3 is 2.00 bits per heavy atom. The van der Waals surface area contributed by atoms with Gasteiger partial charge in [0.05, 0.1) is 0 Å². The van der Waals surface area contributed by atoms with Crippen molar-refractivity contribution in [2.45, 2.75) is 46.0 Å². The molecule has 0 bridgehead atoms. The zero-order valence-corrected chi connectivity index (χ0v) is 7.19. The highest BCUT2D eigenvalue weighted by Crippen LogP contribution is 2.56. The van der Waals surface area contributed by atoms with Crippen molar-refractivity contribution in [3.8, 4) is 0 Å². The summed E-state index contributed by atoms with van der Waals surface area (Å²) in [5.41, 5.74) is 0.742. The first kappa shape index (κ1) is 6.69. The highest BCUT2D eigenvalue weighted by molar-refractivity contribution is 4.96. The molecule has 0 spiro atoms. The minimum Gasteiger partial charge on any atom is -0.0649 e. The van der Waals surface area contributed by atoms with Crippen LogP contribution in [0.4, 0.5) is 0 Å². The fraction of sp³-hybridized carbons (Fsp3) is 1.00. The third-order valence-corrected chi connectivity index (χ3v) is 3.94. The lowest BCUT2D eigenvalue weighted by atomic mass is 9.77. The van der Waals surface area contributed by atoms with E-state index in [1.165, 1.54) is 19.3 Å². The molecule has 0 aliphatic heterocycles. The van der Waals surface area contributed by atoms with Crippen LogP contribution in [0.15, 0.2) is 0 Å². The smallest absolute Gasteiger partial charge is 0.0323 e. The summed E-state index contributed by atoms with van der Waals surface area (Å²) in [6, 6.07) is 0. The molecule has 2 aliphatic carbocycles. The van der Waals surface area contributed by atoms with Crippen molar-refractivity contribution in [2.75, 3.05) is 0 Å². The topological polar surface area (TPSA) is 0 Å². The van der Waals surface area contributed by atoms with Crippen LogP contribution in [0.2, 0.25) is 0 Å². The zero-order chi connectivity index (χ0) is 7.19. The van der Waals surface area contributed by atoms with Gasteiger partial charge in [-0.15, -0.1) is 0 Å². The Labute approximate surface area is 64.0 Å². The van der Waals surface area contributed by atoms with Crippen LogP contribution in [0.5, 0.6) is 0 Å². The summed E-state index contributed by atoms with van der Waals surface area (Å²) >= 11 is 0. The monoisotopic (exact) mass is 138 g/mol. The van der Waals surface area contributed by atoms with Gasteiger partial charge in [-0.05, 0) is 42.9 Å². The molecular formula is C10H18. The van der Waals surface area contributed by atoms with Gasteiger partial charge in [-0.3, -0.25) is 0 Å². The van der Waals surface area contributed by atoms with Gasteiger partial charge < -0.3 is 0 Å². The Balaban J connectivity index is 2.03. The molecule has 0 N–H and O–H groups in total. The maximum atomic E-state index is 2.48. The quantitative estimate of drug-likeness (QED) is 0.522. The van der Waals surface area contributed by atoms with Crippen molar-refractivity contribution in [1.82, 2.24) is 0 Å². The van der Waals surface area contributed by atoms with Crippen molar-refractivity contribution in [3.05, 3.63) is 0 Å². The van der Waals surface area contributed by atoms with E-state index in [0.717, 1.165) is 17.3 Å². The van der Waals surface area contributed by atoms with Gasteiger partial charge in [-0.2, -0.15) is 0 Å². The maximum Gasteiger partial charge on any atom is -0.0323 e. The predicted octanol–water partition coefficient (Wildman–Crippen LogP) is 3.22. The molecule has 0 heterocycles. The van der Waals surface area contributed by atoms with Crippen LogP contribution in [0.3, 0.4) is 0 Å². The maximum absolute atomic E-state index is 2.48. The van der Waals surface area contributed by atoms with Crippen molar-refractivity contribution in [1.29, 1.82) is 0 Å². The Kier molecular flexibility index (Phi) is 1.33. The molecule has 0 nitrogen and oxygen atoms in total. The minimum absolute atomic E-state index is 0.742. The van der Waals surface area contributed by atoms with Crippen LogP contribution in [0, 0.1) is 17.3 Å². The third-order valence-electron chi connectivity index (χ3n) is 3.94. The summed E-state index contributed by atoms with van der Waals surface area (Å²) in [4.78, 5) is 0. The first-order valence-corrected chi connectivity index (χ1v) is 4.73. The number of hydrogen-bond donors (Lipinski definition) is 0. The lowest BCUT2D eigenvalue weighted by Gasteiger charge is -2.29. The molecule has 0 aromatic rings. The first-order chi connectivity index (χ1) is 4.73. The van der Waals surface area contributed by atoms with Gasteiger partial charge in [-0.1, -0.05) is 20.3 Å². The van der Waals surface area contributed by atoms with Gasteiger partial charge in [0.2, 0.25) is 0 Å². The van der Waals surface area contributed by atoms with Crippen molar-refractivity contribution in [3.63, 3.8) is 0 Å². The van der Waals surface area contributed by atoms with E-state index in [2.05, 4.69) is 13.8 Å². The standard InChI is InChI=1S/C10H18/c1-3-10(2)6-8-4-5-9(8)7-10/h8-9H,3-7H2,1-2H3. The molecule has 2 aliphatic rings. The summed E-state index contributed by atoms with van der Waals surface area (Å²) < 4.78 is 0. The molecule has 0 amide bonds. The fourth-order valence-electron chi connectivity index (χ4n) is 2.81. The molecule has 2 fully saturated rings. The number of fused-ring (bicyclic) bond motifs is 1. The zero-order valence-electron chi connectivity index (χ0n) is 7.19. The molecule has 0 aromatic heterocycles. The molecule has 10 heavy (non-hydrogen) atoms. The molecule has 58 valence electrons. The third kappa shape index (κ3) is 0.810. The second-order valence-electron chi connectivity index (χ2n) is 4.67. The van der Waals surface area contributed by atoms with Gasteiger partial charge >= 0.3 is 0 Å². The summed E-state index contributed by atoms with van der Waals surface area (Å²) in [5, 5.41) is 0. The Morgan fingerprint density at radius 1 is 1.20 bits per heavy atom. The molecule has 0 saturated heterocycles. The molecule has 2 atom stereocenters. The van der Waals surface area contributed by atoms with Gasteiger partial charge in [0, 0.05) is 0 Å². The lowest BCUT2D eigenvalue weighted by Crippen LogP contribution is -2.18. The first-order valence-electron chi connectivity index (χ1n) is 4.73. The van der Waals surface area contributed by atoms with E-state index >= 15 is 0 Å². The SMILES string of the molecule is CCC1(C)CC2CCC2C1. The van der Waals surface area contributed by atoms with Gasteiger partial charge in [-0.25, -0.2) is 0 Å². The van der Waals surface area contributed by atoms with Crippen molar-refractivity contribution < 1.29 is 0 Å². The fourth-order valence-corrected chi connectivity index (χ4v) is 2.81. The molecule has 0 aromatic carbocycles. The van der Waals surface area contributed by atoms with Crippen LogP contribution in [0.1, 0.15) is 46.0 Å². The lowest BCUT2D eigenvalue weighted by molar-refractivity contribution is 0.219. The number of hydrogen-bond acceptors (Lipinski definition) is 0. The van der Waals surface area contributed by atoms with E-state index in [1.54, 1.807) is 12.8 Å². The van der Waals surface area contributed by atoms with Gasteiger partial charge in [0.1, 0.15) is 0 Å². The van der Waals surface area contributed by atoms with Crippen LogP contribution < -0.4 is 0 Å². The van der Waals surface area contributed by atoms with E-state index in [0.29, 0.717) is 0 Å². The van der Waals surface area contributed by atoms with E-state index in [-0.39, 0.29) is 0 Å². The van der Waals surface area contributed by atoms with E-state index in [1.807, 2.05) is 0 Å². The van der Waals surface area contributed by atoms with Crippen LogP contribution >= 0.6 is 0 Å². The average molecular weight is 138 g/mol. The van der Waals surface area contributed by atoms with E-state index in [4.69, 9.17) is 0 Å².